The Morgan fingerprint density at radius 1 is 1.25 bits per heavy atom. The number of sulfone groups is 1. The Balaban J connectivity index is 1.87. The van der Waals surface area contributed by atoms with E-state index < -0.39 is 21.5 Å². The van der Waals surface area contributed by atoms with Gasteiger partial charge in [0.2, 0.25) is 11.8 Å². The van der Waals surface area contributed by atoms with E-state index in [4.69, 9.17) is 11.6 Å². The van der Waals surface area contributed by atoms with E-state index in [1.807, 2.05) is 0 Å². The molecule has 1 heterocycles. The highest BCUT2D eigenvalue weighted by Gasteiger charge is 2.29. The highest BCUT2D eigenvalue weighted by Crippen LogP contribution is 2.36. The molecule has 0 aromatic heterocycles. The maximum absolute atomic E-state index is 12.9. The van der Waals surface area contributed by atoms with E-state index >= 15 is 0 Å². The number of carbonyl (C=O) groups is 2. The van der Waals surface area contributed by atoms with Gasteiger partial charge >= 0.3 is 0 Å². The lowest BCUT2D eigenvalue weighted by Gasteiger charge is -2.16. The lowest BCUT2D eigenvalue weighted by Crippen LogP contribution is -2.26. The Morgan fingerprint density at radius 2 is 1.96 bits per heavy atom. The number of nitrogens with one attached hydrogen (secondary N) is 1. The van der Waals surface area contributed by atoms with E-state index in [1.165, 1.54) is 17.9 Å². The first-order valence-corrected chi connectivity index (χ1v) is 11.3. The summed E-state index contributed by atoms with van der Waals surface area (Å²) in [5.41, 5.74) is 2.69. The van der Waals surface area contributed by atoms with Gasteiger partial charge in [-0.05, 0) is 64.7 Å². The second-order valence-corrected chi connectivity index (χ2v) is 9.85. The third kappa shape index (κ3) is 4.24. The monoisotopic (exact) mass is 484 g/mol. The molecule has 0 unspecified atom stereocenters. The number of anilines is 2. The summed E-state index contributed by atoms with van der Waals surface area (Å²) in [6, 6.07) is 8.15. The summed E-state index contributed by atoms with van der Waals surface area (Å²) in [6.45, 7) is 3.73. The molecule has 3 rings (SSSR count). The minimum absolute atomic E-state index is 0.0163. The van der Waals surface area contributed by atoms with Crippen LogP contribution in [0, 0.1) is 6.92 Å². The Kier molecular flexibility index (Phi) is 5.84. The van der Waals surface area contributed by atoms with Crippen molar-refractivity contribution in [2.45, 2.75) is 25.2 Å². The van der Waals surface area contributed by atoms with Crippen molar-refractivity contribution in [2.24, 2.45) is 0 Å². The van der Waals surface area contributed by atoms with Gasteiger partial charge in [0.1, 0.15) is 5.75 Å². The molecule has 1 aliphatic heterocycles. The predicted octanol–water partition coefficient (Wildman–Crippen LogP) is 3.73. The summed E-state index contributed by atoms with van der Waals surface area (Å²) in [5.74, 6) is -1.55. The molecule has 1 aliphatic rings. The van der Waals surface area contributed by atoms with Crippen LogP contribution in [0.2, 0.25) is 5.02 Å². The van der Waals surface area contributed by atoms with Gasteiger partial charge < -0.3 is 10.2 Å². The molecule has 0 saturated carbocycles. The number of fused-ring (bicyclic) bond motifs is 1. The molecule has 2 amide bonds. The second kappa shape index (κ2) is 7.85. The third-order valence-corrected chi connectivity index (χ3v) is 7.34. The minimum atomic E-state index is -3.93. The van der Waals surface area contributed by atoms with Gasteiger partial charge in [-0.25, -0.2) is 8.42 Å². The number of hydrogen-bond acceptors (Lipinski definition) is 4. The third-order valence-electron chi connectivity index (χ3n) is 4.54. The van der Waals surface area contributed by atoms with Crippen molar-refractivity contribution >= 4 is 60.6 Å². The Hall–Kier alpha value is -1.90. The highest BCUT2D eigenvalue weighted by atomic mass is 79.9. The van der Waals surface area contributed by atoms with Crippen LogP contribution in [0.25, 0.3) is 0 Å². The Morgan fingerprint density at radius 3 is 2.64 bits per heavy atom. The lowest BCUT2D eigenvalue weighted by atomic mass is 10.2. The first-order valence-electron chi connectivity index (χ1n) is 8.48. The van der Waals surface area contributed by atoms with Crippen LogP contribution in [0.4, 0.5) is 11.4 Å². The van der Waals surface area contributed by atoms with Gasteiger partial charge in [-0.1, -0.05) is 17.7 Å². The van der Waals surface area contributed by atoms with Gasteiger partial charge in [0, 0.05) is 34.3 Å². The number of amides is 2. The van der Waals surface area contributed by atoms with E-state index in [0.29, 0.717) is 33.8 Å². The normalized spacial score (nSPS) is 13.4. The smallest absolute Gasteiger partial charge is 0.239 e. The zero-order valence-corrected chi connectivity index (χ0v) is 18.4. The van der Waals surface area contributed by atoms with Crippen LogP contribution in [0.15, 0.2) is 39.7 Å². The van der Waals surface area contributed by atoms with Gasteiger partial charge in [0.05, 0.1) is 4.90 Å². The van der Waals surface area contributed by atoms with Crippen molar-refractivity contribution in [3.05, 3.63) is 51.0 Å². The largest absolute Gasteiger partial charge is 0.325 e. The summed E-state index contributed by atoms with van der Waals surface area (Å²) in [5, 5.41) is 3.03. The number of benzene rings is 2. The quantitative estimate of drug-likeness (QED) is 0.715. The average Bonchev–Trinajstić information content (AvgIpc) is 2.99. The van der Waals surface area contributed by atoms with Crippen LogP contribution in [-0.4, -0.2) is 32.5 Å². The Bertz CT molecular complexity index is 1090. The summed E-state index contributed by atoms with van der Waals surface area (Å²) in [7, 11) is -3.93. The first-order chi connectivity index (χ1) is 13.1. The van der Waals surface area contributed by atoms with Crippen LogP contribution in [0.1, 0.15) is 18.1 Å². The van der Waals surface area contributed by atoms with Crippen molar-refractivity contribution in [2.75, 3.05) is 22.5 Å². The van der Waals surface area contributed by atoms with Crippen molar-refractivity contribution in [3.63, 3.8) is 0 Å². The van der Waals surface area contributed by atoms with Crippen LogP contribution < -0.4 is 10.2 Å². The molecule has 0 bridgehead atoms. The van der Waals surface area contributed by atoms with Crippen LogP contribution in [0.3, 0.4) is 0 Å². The fourth-order valence-corrected chi connectivity index (χ4v) is 5.64. The number of rotatable bonds is 4. The molecule has 2 aromatic carbocycles. The van der Waals surface area contributed by atoms with E-state index in [-0.39, 0.29) is 10.8 Å². The summed E-state index contributed by atoms with van der Waals surface area (Å²) in [6.07, 6.45) is 0.655. The van der Waals surface area contributed by atoms with Crippen molar-refractivity contribution in [1.82, 2.24) is 0 Å². The van der Waals surface area contributed by atoms with Gasteiger partial charge in [-0.3, -0.25) is 9.59 Å². The molecular weight excluding hydrogens is 468 g/mol. The molecule has 0 fully saturated rings. The second-order valence-electron chi connectivity index (χ2n) is 6.60. The molecule has 0 spiro atoms. The maximum atomic E-state index is 12.9. The summed E-state index contributed by atoms with van der Waals surface area (Å²) >= 11 is 9.22. The van der Waals surface area contributed by atoms with Crippen LogP contribution in [0.5, 0.6) is 0 Å². The van der Waals surface area contributed by atoms with Gasteiger partial charge in [0.25, 0.3) is 0 Å². The van der Waals surface area contributed by atoms with E-state index in [0.717, 1.165) is 11.1 Å². The predicted molar refractivity (Wildman–Crippen MR) is 113 cm³/mol. The van der Waals surface area contributed by atoms with E-state index in [1.54, 1.807) is 31.2 Å². The number of aryl methyl sites for hydroxylation is 1. The zero-order chi connectivity index (χ0) is 20.6. The van der Waals surface area contributed by atoms with Crippen molar-refractivity contribution in [1.29, 1.82) is 0 Å². The molecule has 2 aromatic rings. The standard InChI is InChI=1S/C19H18BrClN2O4S/c1-11-3-4-14(21)8-16(11)22-19(25)10-28(26,27)18-9-17-13(7-15(18)20)5-6-23(17)12(2)24/h3-4,7-9H,5-6,10H2,1-2H3,(H,22,25). The molecule has 0 atom stereocenters. The molecule has 1 N–H and O–H groups in total. The molecule has 148 valence electrons. The summed E-state index contributed by atoms with van der Waals surface area (Å²) in [4.78, 5) is 25.7. The maximum Gasteiger partial charge on any atom is 0.239 e. The number of hydrogen-bond donors (Lipinski definition) is 1. The molecular formula is C19H18BrClN2O4S. The van der Waals surface area contributed by atoms with Gasteiger partial charge in [-0.15, -0.1) is 0 Å². The topological polar surface area (TPSA) is 83.6 Å². The average molecular weight is 486 g/mol. The number of halogens is 2. The van der Waals surface area contributed by atoms with Crippen LogP contribution >= 0.6 is 27.5 Å². The van der Waals surface area contributed by atoms with Gasteiger partial charge in [0.15, 0.2) is 9.84 Å². The fourth-order valence-electron chi connectivity index (χ4n) is 3.12. The highest BCUT2D eigenvalue weighted by molar-refractivity contribution is 9.10. The molecule has 9 heteroatoms. The summed E-state index contributed by atoms with van der Waals surface area (Å²) < 4.78 is 26.1. The Labute approximate surface area is 176 Å². The van der Waals surface area contributed by atoms with E-state index in [2.05, 4.69) is 21.2 Å². The fraction of sp³-hybridized carbons (Fsp3) is 0.263. The molecule has 0 aliphatic carbocycles. The lowest BCUT2D eigenvalue weighted by molar-refractivity contribution is -0.116. The molecule has 0 radical (unpaired) electrons. The minimum Gasteiger partial charge on any atom is -0.325 e. The zero-order valence-electron chi connectivity index (χ0n) is 15.3. The van der Waals surface area contributed by atoms with Gasteiger partial charge in [-0.2, -0.15) is 0 Å². The molecule has 0 saturated heterocycles. The number of carbonyl (C=O) groups excluding carboxylic acids is 2. The SMILES string of the molecule is CC(=O)N1CCc2cc(Br)c(S(=O)(=O)CC(=O)Nc3cc(Cl)ccc3C)cc21. The molecule has 6 nitrogen and oxygen atoms in total. The first kappa shape index (κ1) is 20.8. The van der Waals surface area contributed by atoms with Crippen LogP contribution in [-0.2, 0) is 25.8 Å². The number of nitrogens with zero attached hydrogens (tertiary/aromatic N) is 1. The van der Waals surface area contributed by atoms with Crippen molar-refractivity contribution < 1.29 is 18.0 Å². The van der Waals surface area contributed by atoms with Crippen molar-refractivity contribution in [3.8, 4) is 0 Å². The van der Waals surface area contributed by atoms with E-state index in [9.17, 15) is 18.0 Å². The molecule has 28 heavy (non-hydrogen) atoms.